The summed E-state index contributed by atoms with van der Waals surface area (Å²) < 4.78 is 0. The number of nitrogens with one attached hydrogen (secondary N) is 2. The molecule has 5 nitrogen and oxygen atoms in total. The van der Waals surface area contributed by atoms with E-state index in [0.29, 0.717) is 5.69 Å². The molecule has 1 aliphatic heterocycles. The first-order valence-corrected chi connectivity index (χ1v) is 7.34. The van der Waals surface area contributed by atoms with Gasteiger partial charge < -0.3 is 10.3 Å². The molecule has 3 rings (SSSR count). The maximum absolute atomic E-state index is 11.9. The average molecular weight is 276 g/mol. The summed E-state index contributed by atoms with van der Waals surface area (Å²) in [5.74, 6) is 0.707. The SMILES string of the molecule is CCc1nc(C)sc1-c1nc2c([nH]1)CCCNC2=O. The summed E-state index contributed by atoms with van der Waals surface area (Å²) in [7, 11) is 0. The normalized spacial score (nSPS) is 14.9. The van der Waals surface area contributed by atoms with Gasteiger partial charge in [0.25, 0.3) is 5.91 Å². The monoisotopic (exact) mass is 276 g/mol. The summed E-state index contributed by atoms with van der Waals surface area (Å²) in [6.07, 6.45) is 2.68. The lowest BCUT2D eigenvalue weighted by Gasteiger charge is -1.97. The molecule has 0 unspecified atom stereocenters. The quantitative estimate of drug-likeness (QED) is 0.882. The van der Waals surface area contributed by atoms with Gasteiger partial charge in [0.05, 0.1) is 15.6 Å². The van der Waals surface area contributed by atoms with Crippen LogP contribution >= 0.6 is 11.3 Å². The number of amides is 1. The highest BCUT2D eigenvalue weighted by Gasteiger charge is 2.22. The highest BCUT2D eigenvalue weighted by Crippen LogP contribution is 2.29. The second kappa shape index (κ2) is 4.77. The van der Waals surface area contributed by atoms with E-state index >= 15 is 0 Å². The van der Waals surface area contributed by atoms with Gasteiger partial charge in [-0.25, -0.2) is 9.97 Å². The van der Waals surface area contributed by atoms with Crippen LogP contribution in [-0.2, 0) is 12.8 Å². The fourth-order valence-corrected chi connectivity index (χ4v) is 3.28. The van der Waals surface area contributed by atoms with Crippen molar-refractivity contribution in [1.82, 2.24) is 20.3 Å². The van der Waals surface area contributed by atoms with Gasteiger partial charge in [-0.3, -0.25) is 4.79 Å². The van der Waals surface area contributed by atoms with E-state index in [1.807, 2.05) is 6.92 Å². The van der Waals surface area contributed by atoms with E-state index in [-0.39, 0.29) is 5.91 Å². The molecule has 3 heterocycles. The Hall–Kier alpha value is -1.69. The van der Waals surface area contributed by atoms with Gasteiger partial charge >= 0.3 is 0 Å². The summed E-state index contributed by atoms with van der Waals surface area (Å²) in [6, 6.07) is 0. The number of nitrogens with zero attached hydrogens (tertiary/aromatic N) is 2. The van der Waals surface area contributed by atoms with Gasteiger partial charge in [0, 0.05) is 12.2 Å². The molecule has 0 bridgehead atoms. The molecule has 1 amide bonds. The first-order chi connectivity index (χ1) is 9.19. The van der Waals surface area contributed by atoms with Crippen molar-refractivity contribution >= 4 is 17.2 Å². The molecule has 1 aliphatic rings. The van der Waals surface area contributed by atoms with Gasteiger partial charge in [0.15, 0.2) is 5.82 Å². The van der Waals surface area contributed by atoms with Crippen LogP contribution < -0.4 is 5.32 Å². The molecule has 0 atom stereocenters. The van der Waals surface area contributed by atoms with Crippen molar-refractivity contribution in [2.75, 3.05) is 6.54 Å². The fourth-order valence-electron chi connectivity index (χ4n) is 2.33. The molecule has 2 aromatic rings. The average Bonchev–Trinajstić information content (AvgIpc) is 2.93. The number of thiazole rings is 1. The lowest BCUT2D eigenvalue weighted by molar-refractivity contribution is 0.0951. The Morgan fingerprint density at radius 2 is 2.21 bits per heavy atom. The lowest BCUT2D eigenvalue weighted by atomic mass is 10.2. The summed E-state index contributed by atoms with van der Waals surface area (Å²) >= 11 is 1.63. The van der Waals surface area contributed by atoms with E-state index in [9.17, 15) is 4.79 Å². The molecule has 0 fully saturated rings. The highest BCUT2D eigenvalue weighted by atomic mass is 32.1. The minimum atomic E-state index is -0.0747. The Bertz CT molecular complexity index is 629. The predicted molar refractivity (Wildman–Crippen MR) is 74.5 cm³/mol. The third-order valence-corrected chi connectivity index (χ3v) is 4.26. The zero-order valence-corrected chi connectivity index (χ0v) is 11.9. The molecule has 0 radical (unpaired) electrons. The fraction of sp³-hybridized carbons (Fsp3) is 0.462. The van der Waals surface area contributed by atoms with Crippen LogP contribution in [-0.4, -0.2) is 27.4 Å². The van der Waals surface area contributed by atoms with Gasteiger partial charge in [-0.1, -0.05) is 6.92 Å². The third-order valence-electron chi connectivity index (χ3n) is 3.24. The number of aromatic amines is 1. The van der Waals surface area contributed by atoms with Crippen molar-refractivity contribution in [1.29, 1.82) is 0 Å². The second-order valence-corrected chi connectivity index (χ2v) is 5.84. The van der Waals surface area contributed by atoms with Crippen molar-refractivity contribution in [2.45, 2.75) is 33.1 Å². The largest absolute Gasteiger partial charge is 0.351 e. The molecular weight excluding hydrogens is 260 g/mol. The van der Waals surface area contributed by atoms with Crippen molar-refractivity contribution < 1.29 is 4.79 Å². The molecule has 2 aromatic heterocycles. The minimum absolute atomic E-state index is 0.0747. The summed E-state index contributed by atoms with van der Waals surface area (Å²) in [5, 5.41) is 3.90. The number of aromatic nitrogens is 3. The van der Waals surface area contributed by atoms with Crippen molar-refractivity contribution in [2.24, 2.45) is 0 Å². The molecule has 0 saturated heterocycles. The Kier molecular flexibility index (Phi) is 3.10. The maximum atomic E-state index is 11.9. The zero-order chi connectivity index (χ0) is 13.4. The molecule has 100 valence electrons. The van der Waals surface area contributed by atoms with E-state index in [0.717, 1.165) is 52.9 Å². The van der Waals surface area contributed by atoms with Gasteiger partial charge in [0.2, 0.25) is 0 Å². The summed E-state index contributed by atoms with van der Waals surface area (Å²) in [4.78, 5) is 25.3. The van der Waals surface area contributed by atoms with Crippen LogP contribution in [0.5, 0.6) is 0 Å². The molecule has 0 aliphatic carbocycles. The smallest absolute Gasteiger partial charge is 0.271 e. The predicted octanol–water partition coefficient (Wildman–Crippen LogP) is 2.08. The Balaban J connectivity index is 2.07. The Morgan fingerprint density at radius 3 is 3.00 bits per heavy atom. The van der Waals surface area contributed by atoms with Crippen molar-refractivity contribution in [3.63, 3.8) is 0 Å². The number of carbonyl (C=O) groups is 1. The number of imidazole rings is 1. The van der Waals surface area contributed by atoms with Crippen LogP contribution in [0.2, 0.25) is 0 Å². The van der Waals surface area contributed by atoms with E-state index in [1.54, 1.807) is 11.3 Å². The van der Waals surface area contributed by atoms with E-state index < -0.39 is 0 Å². The first kappa shape index (κ1) is 12.3. The molecule has 2 N–H and O–H groups in total. The molecule has 0 aromatic carbocycles. The number of carbonyl (C=O) groups excluding carboxylic acids is 1. The van der Waals surface area contributed by atoms with E-state index in [2.05, 4.69) is 27.2 Å². The van der Waals surface area contributed by atoms with Gasteiger partial charge in [0.1, 0.15) is 5.69 Å². The standard InChI is InChI=1S/C13H16N4OS/c1-3-8-11(19-7(2)15-8)12-16-9-5-4-6-14-13(18)10(9)17-12/h3-6H2,1-2H3,(H,14,18)(H,16,17). The van der Waals surface area contributed by atoms with Crippen molar-refractivity contribution in [3.05, 3.63) is 22.1 Å². The highest BCUT2D eigenvalue weighted by molar-refractivity contribution is 7.15. The van der Waals surface area contributed by atoms with Gasteiger partial charge in [-0.15, -0.1) is 11.3 Å². The number of rotatable bonds is 2. The topological polar surface area (TPSA) is 70.7 Å². The summed E-state index contributed by atoms with van der Waals surface area (Å²) in [5.41, 5.74) is 2.53. The second-order valence-electron chi connectivity index (χ2n) is 4.63. The minimum Gasteiger partial charge on any atom is -0.351 e. The molecule has 6 heteroatoms. The van der Waals surface area contributed by atoms with Crippen LogP contribution in [0.1, 0.15) is 40.2 Å². The maximum Gasteiger partial charge on any atom is 0.271 e. The lowest BCUT2D eigenvalue weighted by Crippen LogP contribution is -2.23. The van der Waals surface area contributed by atoms with Gasteiger partial charge in [-0.2, -0.15) is 0 Å². The van der Waals surface area contributed by atoms with Gasteiger partial charge in [-0.05, 0) is 26.2 Å². The third kappa shape index (κ3) is 2.16. The molecule has 0 saturated carbocycles. The van der Waals surface area contributed by atoms with Crippen LogP contribution in [0.25, 0.3) is 10.7 Å². The zero-order valence-electron chi connectivity index (χ0n) is 11.0. The Labute approximate surface area is 115 Å². The Morgan fingerprint density at radius 1 is 1.37 bits per heavy atom. The van der Waals surface area contributed by atoms with Crippen LogP contribution in [0, 0.1) is 6.92 Å². The number of fused-ring (bicyclic) bond motifs is 1. The first-order valence-electron chi connectivity index (χ1n) is 6.52. The molecular formula is C13H16N4OS. The van der Waals surface area contributed by atoms with Crippen LogP contribution in [0.15, 0.2) is 0 Å². The van der Waals surface area contributed by atoms with E-state index in [4.69, 9.17) is 0 Å². The van der Waals surface area contributed by atoms with Crippen molar-refractivity contribution in [3.8, 4) is 10.7 Å². The summed E-state index contributed by atoms with van der Waals surface area (Å²) in [6.45, 7) is 4.80. The van der Waals surface area contributed by atoms with Crippen LogP contribution in [0.3, 0.4) is 0 Å². The molecule has 19 heavy (non-hydrogen) atoms. The number of hydrogen-bond acceptors (Lipinski definition) is 4. The number of hydrogen-bond donors (Lipinski definition) is 2. The number of aryl methyl sites for hydroxylation is 3. The van der Waals surface area contributed by atoms with E-state index in [1.165, 1.54) is 0 Å². The molecule has 0 spiro atoms. The number of H-pyrrole nitrogens is 1. The van der Waals surface area contributed by atoms with Crippen LogP contribution in [0.4, 0.5) is 0 Å².